The highest BCUT2D eigenvalue weighted by molar-refractivity contribution is 6.21. The van der Waals surface area contributed by atoms with Crippen LogP contribution in [0.25, 0.3) is 0 Å². The summed E-state index contributed by atoms with van der Waals surface area (Å²) in [5, 5.41) is 2.65. The Labute approximate surface area is 98.5 Å². The Bertz CT molecular complexity index is 225. The Morgan fingerprint density at radius 1 is 1.50 bits per heavy atom. The van der Waals surface area contributed by atoms with Crippen molar-refractivity contribution in [3.8, 4) is 0 Å². The molecule has 1 N–H and O–H groups in total. The Morgan fingerprint density at radius 3 is 2.75 bits per heavy atom. The Balaban J connectivity index is 1.93. The summed E-state index contributed by atoms with van der Waals surface area (Å²) in [6.45, 7) is -0.153. The SMILES string of the molecule is O=C(CCOCC(F)F)NCC(Cl)C1CC1. The maximum absolute atomic E-state index is 11.7. The van der Waals surface area contributed by atoms with Gasteiger partial charge in [-0.05, 0) is 18.8 Å². The lowest BCUT2D eigenvalue weighted by molar-refractivity contribution is -0.122. The molecule has 1 fully saturated rings. The number of halogens is 3. The second-order valence-electron chi connectivity index (χ2n) is 3.87. The van der Waals surface area contributed by atoms with Crippen LogP contribution in [0.5, 0.6) is 0 Å². The molecule has 0 saturated heterocycles. The van der Waals surface area contributed by atoms with Gasteiger partial charge in [-0.15, -0.1) is 11.6 Å². The van der Waals surface area contributed by atoms with Gasteiger partial charge in [-0.3, -0.25) is 4.79 Å². The Morgan fingerprint density at radius 2 is 2.19 bits per heavy atom. The van der Waals surface area contributed by atoms with E-state index in [1.165, 1.54) is 0 Å². The second-order valence-corrected chi connectivity index (χ2v) is 4.43. The van der Waals surface area contributed by atoms with Gasteiger partial charge in [0.2, 0.25) is 5.91 Å². The van der Waals surface area contributed by atoms with E-state index in [0.29, 0.717) is 12.5 Å². The molecule has 0 aromatic heterocycles. The van der Waals surface area contributed by atoms with Crippen LogP contribution in [0.2, 0.25) is 0 Å². The molecule has 1 atom stereocenters. The van der Waals surface area contributed by atoms with Crippen LogP contribution < -0.4 is 5.32 Å². The van der Waals surface area contributed by atoms with Gasteiger partial charge in [0.1, 0.15) is 6.61 Å². The molecule has 6 heteroatoms. The molecule has 94 valence electrons. The smallest absolute Gasteiger partial charge is 0.261 e. The van der Waals surface area contributed by atoms with Gasteiger partial charge in [-0.25, -0.2) is 8.78 Å². The highest BCUT2D eigenvalue weighted by Gasteiger charge is 2.29. The van der Waals surface area contributed by atoms with E-state index in [-0.39, 0.29) is 24.3 Å². The molecule has 1 rings (SSSR count). The van der Waals surface area contributed by atoms with Crippen LogP contribution in [0.15, 0.2) is 0 Å². The van der Waals surface area contributed by atoms with E-state index in [0.717, 1.165) is 12.8 Å². The fourth-order valence-electron chi connectivity index (χ4n) is 1.26. The average molecular weight is 256 g/mol. The van der Waals surface area contributed by atoms with Gasteiger partial charge in [0.05, 0.1) is 12.0 Å². The third-order valence-corrected chi connectivity index (χ3v) is 2.86. The van der Waals surface area contributed by atoms with Crippen molar-refractivity contribution in [3.05, 3.63) is 0 Å². The normalized spacial score (nSPS) is 17.5. The lowest BCUT2D eigenvalue weighted by Crippen LogP contribution is -2.31. The molecule has 0 aromatic rings. The minimum atomic E-state index is -2.48. The molecule has 1 aliphatic carbocycles. The minimum absolute atomic E-state index is 0.00840. The summed E-state index contributed by atoms with van der Waals surface area (Å²) in [5.74, 6) is 0.317. The summed E-state index contributed by atoms with van der Waals surface area (Å²) in [7, 11) is 0. The fourth-order valence-corrected chi connectivity index (χ4v) is 1.59. The number of nitrogens with one attached hydrogen (secondary N) is 1. The third kappa shape index (κ3) is 6.23. The second kappa shape index (κ2) is 7.01. The molecule has 16 heavy (non-hydrogen) atoms. The van der Waals surface area contributed by atoms with Gasteiger partial charge in [0.15, 0.2) is 0 Å². The number of hydrogen-bond acceptors (Lipinski definition) is 2. The maximum atomic E-state index is 11.7. The summed E-state index contributed by atoms with van der Waals surface area (Å²) in [4.78, 5) is 11.2. The molecule has 0 aromatic carbocycles. The van der Waals surface area contributed by atoms with Gasteiger partial charge < -0.3 is 10.1 Å². The number of hydrogen-bond donors (Lipinski definition) is 1. The predicted octanol–water partition coefficient (Wildman–Crippen LogP) is 1.79. The van der Waals surface area contributed by atoms with Gasteiger partial charge in [-0.1, -0.05) is 0 Å². The molecule has 1 saturated carbocycles. The fraction of sp³-hybridized carbons (Fsp3) is 0.900. The number of amides is 1. The lowest BCUT2D eigenvalue weighted by Gasteiger charge is -2.09. The highest BCUT2D eigenvalue weighted by Crippen LogP contribution is 2.35. The topological polar surface area (TPSA) is 38.3 Å². The molecule has 0 radical (unpaired) electrons. The van der Waals surface area contributed by atoms with Crippen LogP contribution in [-0.4, -0.2) is 37.5 Å². The van der Waals surface area contributed by atoms with Crippen molar-refractivity contribution >= 4 is 17.5 Å². The van der Waals surface area contributed by atoms with Crippen LogP contribution in [0.4, 0.5) is 8.78 Å². The molecular formula is C10H16ClF2NO2. The maximum Gasteiger partial charge on any atom is 0.261 e. The predicted molar refractivity (Wildman–Crippen MR) is 56.8 cm³/mol. The van der Waals surface area contributed by atoms with Crippen LogP contribution in [0.3, 0.4) is 0 Å². The first-order chi connectivity index (χ1) is 7.59. The quantitative estimate of drug-likeness (QED) is 0.531. The molecule has 3 nitrogen and oxygen atoms in total. The number of carbonyl (C=O) groups is 1. The van der Waals surface area contributed by atoms with Gasteiger partial charge in [0, 0.05) is 13.0 Å². The molecule has 1 unspecified atom stereocenters. The molecule has 0 aliphatic heterocycles. The summed E-state index contributed by atoms with van der Waals surface area (Å²) in [6.07, 6.45) is -0.130. The van der Waals surface area contributed by atoms with Crippen molar-refractivity contribution in [1.82, 2.24) is 5.32 Å². The zero-order valence-electron chi connectivity index (χ0n) is 8.93. The first-order valence-corrected chi connectivity index (χ1v) is 5.80. The van der Waals surface area contributed by atoms with E-state index in [9.17, 15) is 13.6 Å². The van der Waals surface area contributed by atoms with E-state index < -0.39 is 13.0 Å². The number of alkyl halides is 3. The van der Waals surface area contributed by atoms with E-state index in [1.54, 1.807) is 0 Å². The van der Waals surface area contributed by atoms with Crippen LogP contribution >= 0.6 is 11.6 Å². The average Bonchev–Trinajstić information content (AvgIpc) is 3.04. The van der Waals surface area contributed by atoms with Crippen molar-refractivity contribution in [3.63, 3.8) is 0 Å². The van der Waals surface area contributed by atoms with Crippen LogP contribution in [0.1, 0.15) is 19.3 Å². The van der Waals surface area contributed by atoms with E-state index >= 15 is 0 Å². The van der Waals surface area contributed by atoms with E-state index in [2.05, 4.69) is 10.1 Å². The minimum Gasteiger partial charge on any atom is -0.375 e. The largest absolute Gasteiger partial charge is 0.375 e. The van der Waals surface area contributed by atoms with Gasteiger partial charge in [-0.2, -0.15) is 0 Å². The summed E-state index contributed by atoms with van der Waals surface area (Å²) >= 11 is 5.98. The monoisotopic (exact) mass is 255 g/mol. The van der Waals surface area contributed by atoms with Crippen molar-refractivity contribution in [2.75, 3.05) is 19.8 Å². The summed E-state index contributed by atoms with van der Waals surface area (Å²) in [6, 6.07) is 0. The first kappa shape index (κ1) is 13.6. The molecule has 0 spiro atoms. The third-order valence-electron chi connectivity index (χ3n) is 2.35. The zero-order valence-corrected chi connectivity index (χ0v) is 9.68. The number of rotatable bonds is 8. The summed E-state index contributed by atoms with van der Waals surface area (Å²) in [5.41, 5.74) is 0. The van der Waals surface area contributed by atoms with Crippen molar-refractivity contribution in [2.24, 2.45) is 5.92 Å². The molecular weight excluding hydrogens is 240 g/mol. The van der Waals surface area contributed by atoms with Gasteiger partial charge in [0.25, 0.3) is 6.43 Å². The molecule has 1 aliphatic rings. The summed E-state index contributed by atoms with van der Waals surface area (Å²) < 4.78 is 27.9. The van der Waals surface area contributed by atoms with E-state index in [4.69, 9.17) is 11.6 Å². The van der Waals surface area contributed by atoms with Crippen LogP contribution in [-0.2, 0) is 9.53 Å². The number of ether oxygens (including phenoxy) is 1. The molecule has 1 amide bonds. The van der Waals surface area contributed by atoms with Crippen molar-refractivity contribution < 1.29 is 18.3 Å². The van der Waals surface area contributed by atoms with Crippen LogP contribution in [0, 0.1) is 5.92 Å². The van der Waals surface area contributed by atoms with Crippen molar-refractivity contribution in [1.29, 1.82) is 0 Å². The Hall–Kier alpha value is -0.420. The molecule has 0 heterocycles. The zero-order chi connectivity index (χ0) is 12.0. The lowest BCUT2D eigenvalue weighted by atomic mass is 10.3. The standard InChI is InChI=1S/C10H16ClF2NO2/c11-8(7-1-2-7)5-14-10(15)3-4-16-6-9(12)13/h7-9H,1-6H2,(H,14,15). The van der Waals surface area contributed by atoms with Crippen molar-refractivity contribution in [2.45, 2.75) is 31.1 Å². The number of carbonyl (C=O) groups excluding carboxylic acids is 1. The first-order valence-electron chi connectivity index (χ1n) is 5.36. The van der Waals surface area contributed by atoms with E-state index in [1.807, 2.05) is 0 Å². The molecule has 0 bridgehead atoms. The highest BCUT2D eigenvalue weighted by atomic mass is 35.5. The Kier molecular flexibility index (Phi) is 5.98. The van der Waals surface area contributed by atoms with Gasteiger partial charge >= 0.3 is 0 Å².